The van der Waals surface area contributed by atoms with Gasteiger partial charge in [0, 0.05) is 25.4 Å². The van der Waals surface area contributed by atoms with E-state index in [2.05, 4.69) is 0 Å². The molecule has 21 heavy (non-hydrogen) atoms. The lowest BCUT2D eigenvalue weighted by Gasteiger charge is -2.21. The minimum atomic E-state index is -4.34. The Hall–Kier alpha value is -0.790. The second-order valence-electron chi connectivity index (χ2n) is 4.54. The molecule has 0 unspecified atom stereocenters. The van der Waals surface area contributed by atoms with Crippen LogP contribution in [0, 0.1) is 0 Å². The van der Waals surface area contributed by atoms with Crippen LogP contribution in [0.1, 0.15) is 18.4 Å². The molecule has 8 heteroatoms. The molecule has 0 fully saturated rings. The van der Waals surface area contributed by atoms with Gasteiger partial charge in [-0.25, -0.2) is 8.42 Å². The highest BCUT2D eigenvalue weighted by Crippen LogP contribution is 2.22. The molecule has 3 nitrogen and oxygen atoms in total. The Kier molecular flexibility index (Phi) is 6.96. The molecule has 0 bridgehead atoms. The Bertz CT molecular complexity index is 520. The van der Waals surface area contributed by atoms with E-state index in [-0.39, 0.29) is 19.0 Å². The Labute approximate surface area is 127 Å². The molecule has 1 aromatic rings. The molecule has 0 spiro atoms. The van der Waals surface area contributed by atoms with Gasteiger partial charge in [0.2, 0.25) is 10.0 Å². The Morgan fingerprint density at radius 1 is 1.14 bits per heavy atom. The first-order valence-corrected chi connectivity index (χ1v) is 8.53. The van der Waals surface area contributed by atoms with Crippen LogP contribution in [-0.4, -0.2) is 37.1 Å². The first kappa shape index (κ1) is 18.3. The SMILES string of the molecule is O=S(=O)(CCCC(F)(F)F)N(CCCl)Cc1ccccc1. The van der Waals surface area contributed by atoms with Crippen molar-refractivity contribution < 1.29 is 21.6 Å². The molecule has 0 radical (unpaired) electrons. The van der Waals surface area contributed by atoms with E-state index >= 15 is 0 Å². The molecule has 120 valence electrons. The molecule has 0 saturated heterocycles. The van der Waals surface area contributed by atoms with Crippen molar-refractivity contribution in [3.05, 3.63) is 35.9 Å². The summed E-state index contributed by atoms with van der Waals surface area (Å²) in [6.45, 7) is 0.187. The zero-order chi connectivity index (χ0) is 15.9. The predicted molar refractivity (Wildman–Crippen MR) is 76.6 cm³/mol. The lowest BCUT2D eigenvalue weighted by molar-refractivity contribution is -0.134. The molecule has 1 aromatic carbocycles. The first-order valence-electron chi connectivity index (χ1n) is 6.39. The Balaban J connectivity index is 2.69. The van der Waals surface area contributed by atoms with Crippen molar-refractivity contribution in [1.29, 1.82) is 0 Å². The lowest BCUT2D eigenvalue weighted by atomic mass is 10.2. The normalized spacial score (nSPS) is 12.8. The molecule has 0 aliphatic rings. The summed E-state index contributed by atoms with van der Waals surface area (Å²) < 4.78 is 61.6. The molecule has 0 amide bonds. The smallest absolute Gasteiger partial charge is 0.212 e. The van der Waals surface area contributed by atoms with Crippen molar-refractivity contribution >= 4 is 21.6 Å². The molecule has 0 aliphatic heterocycles. The fourth-order valence-corrected chi connectivity index (χ4v) is 3.57. The van der Waals surface area contributed by atoms with E-state index in [1.807, 2.05) is 0 Å². The molecule has 1 rings (SSSR count). The Morgan fingerprint density at radius 3 is 2.29 bits per heavy atom. The molecule has 0 aromatic heterocycles. The molecular formula is C13H17ClF3NO2S. The van der Waals surface area contributed by atoms with E-state index in [1.54, 1.807) is 30.3 Å². The number of hydrogen-bond donors (Lipinski definition) is 0. The van der Waals surface area contributed by atoms with E-state index in [9.17, 15) is 21.6 Å². The van der Waals surface area contributed by atoms with Gasteiger partial charge >= 0.3 is 6.18 Å². The van der Waals surface area contributed by atoms with Crippen LogP contribution in [-0.2, 0) is 16.6 Å². The summed E-state index contributed by atoms with van der Waals surface area (Å²) in [5.74, 6) is -0.443. The van der Waals surface area contributed by atoms with Gasteiger partial charge in [0.05, 0.1) is 5.75 Å². The number of nitrogens with zero attached hydrogens (tertiary/aromatic N) is 1. The van der Waals surface area contributed by atoms with Crippen molar-refractivity contribution in [2.45, 2.75) is 25.6 Å². The van der Waals surface area contributed by atoms with Gasteiger partial charge in [-0.1, -0.05) is 30.3 Å². The van der Waals surface area contributed by atoms with Crippen LogP contribution < -0.4 is 0 Å². The molecule has 0 atom stereocenters. The molecule has 0 saturated carbocycles. The average Bonchev–Trinajstić information content (AvgIpc) is 2.37. The van der Waals surface area contributed by atoms with E-state index in [0.717, 1.165) is 9.87 Å². The number of benzene rings is 1. The topological polar surface area (TPSA) is 37.4 Å². The van der Waals surface area contributed by atoms with Crippen LogP contribution >= 0.6 is 11.6 Å². The highest BCUT2D eigenvalue weighted by molar-refractivity contribution is 7.89. The van der Waals surface area contributed by atoms with E-state index in [4.69, 9.17) is 11.6 Å². The maximum absolute atomic E-state index is 12.1. The van der Waals surface area contributed by atoms with Crippen LogP contribution in [0.3, 0.4) is 0 Å². The van der Waals surface area contributed by atoms with Crippen LogP contribution in [0.25, 0.3) is 0 Å². The zero-order valence-corrected chi connectivity index (χ0v) is 12.9. The van der Waals surface area contributed by atoms with Crippen LogP contribution in [0.5, 0.6) is 0 Å². The second kappa shape index (κ2) is 8.00. The highest BCUT2D eigenvalue weighted by Gasteiger charge is 2.29. The van der Waals surface area contributed by atoms with Crippen molar-refractivity contribution in [2.75, 3.05) is 18.2 Å². The third kappa shape index (κ3) is 7.15. The van der Waals surface area contributed by atoms with Crippen molar-refractivity contribution in [3.8, 4) is 0 Å². The maximum atomic E-state index is 12.1. The number of alkyl halides is 4. The third-order valence-corrected chi connectivity index (χ3v) is 4.86. The van der Waals surface area contributed by atoms with Crippen molar-refractivity contribution in [3.63, 3.8) is 0 Å². The van der Waals surface area contributed by atoms with Gasteiger partial charge in [-0.05, 0) is 12.0 Å². The predicted octanol–water partition coefficient (Wildman–Crippen LogP) is 3.40. The van der Waals surface area contributed by atoms with Gasteiger partial charge in [0.1, 0.15) is 0 Å². The summed E-state index contributed by atoms with van der Waals surface area (Å²) in [5, 5.41) is 0. The fourth-order valence-electron chi connectivity index (χ4n) is 1.78. The van der Waals surface area contributed by atoms with Gasteiger partial charge in [-0.15, -0.1) is 11.6 Å². The molecule has 0 heterocycles. The van der Waals surface area contributed by atoms with Crippen molar-refractivity contribution in [2.24, 2.45) is 0 Å². The third-order valence-electron chi connectivity index (χ3n) is 2.79. The second-order valence-corrected chi connectivity index (χ2v) is 7.01. The number of halogens is 4. The van der Waals surface area contributed by atoms with Gasteiger partial charge in [-0.2, -0.15) is 17.5 Å². The van der Waals surface area contributed by atoms with E-state index < -0.39 is 34.8 Å². The minimum absolute atomic E-state index is 0.0742. The van der Waals surface area contributed by atoms with Crippen LogP contribution in [0.15, 0.2) is 30.3 Å². The Morgan fingerprint density at radius 2 is 1.76 bits per heavy atom. The molecule has 0 aliphatic carbocycles. The molecular weight excluding hydrogens is 327 g/mol. The number of rotatable bonds is 8. The summed E-state index contributed by atoms with van der Waals surface area (Å²) in [7, 11) is -3.76. The summed E-state index contributed by atoms with van der Waals surface area (Å²) in [5.41, 5.74) is 0.766. The standard InChI is InChI=1S/C13H17ClF3NO2S/c14-8-9-18(11-12-5-2-1-3-6-12)21(19,20)10-4-7-13(15,16)17/h1-3,5-6H,4,7-11H2. The first-order chi connectivity index (χ1) is 9.74. The average molecular weight is 344 g/mol. The summed E-state index contributed by atoms with van der Waals surface area (Å²) in [4.78, 5) is 0. The van der Waals surface area contributed by atoms with E-state index in [1.165, 1.54) is 0 Å². The van der Waals surface area contributed by atoms with Crippen LogP contribution in [0.2, 0.25) is 0 Å². The van der Waals surface area contributed by atoms with Gasteiger partial charge < -0.3 is 0 Å². The zero-order valence-electron chi connectivity index (χ0n) is 11.3. The number of hydrogen-bond acceptors (Lipinski definition) is 2. The largest absolute Gasteiger partial charge is 0.389 e. The highest BCUT2D eigenvalue weighted by atomic mass is 35.5. The molecule has 0 N–H and O–H groups in total. The fraction of sp³-hybridized carbons (Fsp3) is 0.538. The quantitative estimate of drug-likeness (QED) is 0.678. The minimum Gasteiger partial charge on any atom is -0.212 e. The van der Waals surface area contributed by atoms with Crippen LogP contribution in [0.4, 0.5) is 13.2 Å². The summed E-state index contributed by atoms with van der Waals surface area (Å²) >= 11 is 5.59. The van der Waals surface area contributed by atoms with Gasteiger partial charge in [-0.3, -0.25) is 0 Å². The monoisotopic (exact) mass is 343 g/mol. The number of sulfonamides is 1. The van der Waals surface area contributed by atoms with E-state index in [0.29, 0.717) is 0 Å². The summed E-state index contributed by atoms with van der Waals surface area (Å²) in [6.07, 6.45) is -5.89. The summed E-state index contributed by atoms with van der Waals surface area (Å²) in [6, 6.07) is 8.85. The van der Waals surface area contributed by atoms with Crippen molar-refractivity contribution in [1.82, 2.24) is 4.31 Å². The maximum Gasteiger partial charge on any atom is 0.389 e. The van der Waals surface area contributed by atoms with Gasteiger partial charge in [0.15, 0.2) is 0 Å². The van der Waals surface area contributed by atoms with Gasteiger partial charge in [0.25, 0.3) is 0 Å². The lowest BCUT2D eigenvalue weighted by Crippen LogP contribution is -2.34.